The Bertz CT molecular complexity index is 311. The first-order valence-electron chi connectivity index (χ1n) is 7.30. The summed E-state index contributed by atoms with van der Waals surface area (Å²) < 4.78 is 11.0. The molecule has 3 nitrogen and oxygen atoms in total. The molecule has 1 aromatic carbocycles. The van der Waals surface area contributed by atoms with Crippen molar-refractivity contribution in [2.45, 2.75) is 39.8 Å². The number of benzene rings is 1. The van der Waals surface area contributed by atoms with E-state index in [1.54, 1.807) is 0 Å². The van der Waals surface area contributed by atoms with Crippen molar-refractivity contribution in [2.24, 2.45) is 0 Å². The van der Waals surface area contributed by atoms with Crippen LogP contribution >= 0.6 is 0 Å². The van der Waals surface area contributed by atoms with Crippen LogP contribution in [0.2, 0.25) is 0 Å². The summed E-state index contributed by atoms with van der Waals surface area (Å²) in [4.78, 5) is 0. The van der Waals surface area contributed by atoms with Gasteiger partial charge in [0.15, 0.2) is 0 Å². The quantitative estimate of drug-likeness (QED) is 0.624. The van der Waals surface area contributed by atoms with Crippen LogP contribution in [-0.2, 0) is 22.6 Å². The molecule has 0 heterocycles. The highest BCUT2D eigenvalue weighted by molar-refractivity contribution is 5.21. The van der Waals surface area contributed by atoms with E-state index in [4.69, 9.17) is 9.47 Å². The molecule has 0 fully saturated rings. The first-order chi connectivity index (χ1) is 9.36. The van der Waals surface area contributed by atoms with Crippen molar-refractivity contribution in [1.82, 2.24) is 5.32 Å². The summed E-state index contributed by atoms with van der Waals surface area (Å²) in [6.45, 7) is 9.09. The molecule has 0 radical (unpaired) electrons. The van der Waals surface area contributed by atoms with Gasteiger partial charge in [0.25, 0.3) is 0 Å². The van der Waals surface area contributed by atoms with E-state index in [1.807, 2.05) is 0 Å². The van der Waals surface area contributed by atoms with Gasteiger partial charge in [-0.2, -0.15) is 0 Å². The fourth-order valence-electron chi connectivity index (χ4n) is 1.68. The molecule has 0 aromatic heterocycles. The Morgan fingerprint density at radius 3 is 2.26 bits per heavy atom. The molecule has 0 saturated carbocycles. The Hall–Kier alpha value is -0.900. The van der Waals surface area contributed by atoms with Crippen LogP contribution in [0.1, 0.15) is 37.8 Å². The smallest absolute Gasteiger partial charge is 0.0718 e. The molecular formula is C16H27NO2. The third kappa shape index (κ3) is 7.98. The second-order valence-electron chi connectivity index (χ2n) is 4.62. The van der Waals surface area contributed by atoms with E-state index in [9.17, 15) is 0 Å². The molecular weight excluding hydrogens is 238 g/mol. The van der Waals surface area contributed by atoms with Crippen molar-refractivity contribution in [2.75, 3.05) is 26.4 Å². The molecule has 0 amide bonds. The van der Waals surface area contributed by atoms with Crippen LogP contribution in [-0.4, -0.2) is 26.4 Å². The topological polar surface area (TPSA) is 30.5 Å². The highest BCUT2D eigenvalue weighted by Crippen LogP contribution is 2.05. The zero-order valence-electron chi connectivity index (χ0n) is 12.3. The van der Waals surface area contributed by atoms with E-state index in [0.717, 1.165) is 26.1 Å². The van der Waals surface area contributed by atoms with Crippen LogP contribution < -0.4 is 5.32 Å². The van der Waals surface area contributed by atoms with Crippen LogP contribution in [0.4, 0.5) is 0 Å². The van der Waals surface area contributed by atoms with Gasteiger partial charge in [0, 0.05) is 13.2 Å². The fraction of sp³-hybridized carbons (Fsp3) is 0.625. The second-order valence-corrected chi connectivity index (χ2v) is 4.62. The fourth-order valence-corrected chi connectivity index (χ4v) is 1.68. The third-order valence-electron chi connectivity index (χ3n) is 2.89. The molecule has 108 valence electrons. The van der Waals surface area contributed by atoms with Gasteiger partial charge in [0.2, 0.25) is 0 Å². The lowest BCUT2D eigenvalue weighted by molar-refractivity contribution is 0.0397. The van der Waals surface area contributed by atoms with Crippen molar-refractivity contribution in [3.63, 3.8) is 0 Å². The van der Waals surface area contributed by atoms with E-state index in [1.165, 1.54) is 17.5 Å². The summed E-state index contributed by atoms with van der Waals surface area (Å²) >= 11 is 0. The molecule has 0 bridgehead atoms. The van der Waals surface area contributed by atoms with E-state index < -0.39 is 0 Å². The normalized spacial score (nSPS) is 10.8. The number of ether oxygens (including phenoxy) is 2. The summed E-state index contributed by atoms with van der Waals surface area (Å²) in [7, 11) is 0. The predicted octanol–water partition coefficient (Wildman–Crippen LogP) is 3.13. The molecule has 0 atom stereocenters. The maximum Gasteiger partial charge on any atom is 0.0718 e. The highest BCUT2D eigenvalue weighted by atomic mass is 16.5. The SMILES string of the molecule is CCCCOCCOCc1ccc(CNCC)cc1. The van der Waals surface area contributed by atoms with Crippen LogP contribution in [0.5, 0.6) is 0 Å². The Balaban J connectivity index is 2.09. The minimum absolute atomic E-state index is 0.665. The number of rotatable bonds is 11. The van der Waals surface area contributed by atoms with Gasteiger partial charge >= 0.3 is 0 Å². The number of nitrogens with one attached hydrogen (secondary N) is 1. The summed E-state index contributed by atoms with van der Waals surface area (Å²) in [5.41, 5.74) is 2.53. The van der Waals surface area contributed by atoms with E-state index in [2.05, 4.69) is 43.4 Å². The molecule has 0 spiro atoms. The zero-order chi connectivity index (χ0) is 13.8. The lowest BCUT2D eigenvalue weighted by Crippen LogP contribution is -2.11. The number of hydrogen-bond donors (Lipinski definition) is 1. The molecule has 0 unspecified atom stereocenters. The molecule has 0 aliphatic heterocycles. The Morgan fingerprint density at radius 2 is 1.58 bits per heavy atom. The monoisotopic (exact) mass is 265 g/mol. The molecule has 1 N–H and O–H groups in total. The summed E-state index contributed by atoms with van der Waals surface area (Å²) in [5.74, 6) is 0. The Labute approximate surface area is 117 Å². The van der Waals surface area contributed by atoms with Crippen molar-refractivity contribution in [3.8, 4) is 0 Å². The van der Waals surface area contributed by atoms with E-state index in [0.29, 0.717) is 19.8 Å². The standard InChI is InChI=1S/C16H27NO2/c1-3-5-10-18-11-12-19-14-16-8-6-15(7-9-16)13-17-4-2/h6-9,17H,3-5,10-14H2,1-2H3. The second kappa shape index (κ2) is 11.0. The first-order valence-corrected chi connectivity index (χ1v) is 7.30. The molecule has 0 aliphatic rings. The third-order valence-corrected chi connectivity index (χ3v) is 2.89. The minimum atomic E-state index is 0.665. The Morgan fingerprint density at radius 1 is 0.895 bits per heavy atom. The Kier molecular flexibility index (Phi) is 9.33. The van der Waals surface area contributed by atoms with Crippen LogP contribution in [0, 0.1) is 0 Å². The van der Waals surface area contributed by atoms with E-state index in [-0.39, 0.29) is 0 Å². The minimum Gasteiger partial charge on any atom is -0.379 e. The van der Waals surface area contributed by atoms with Gasteiger partial charge in [-0.1, -0.05) is 44.5 Å². The van der Waals surface area contributed by atoms with Crippen LogP contribution in [0.15, 0.2) is 24.3 Å². The van der Waals surface area contributed by atoms with Gasteiger partial charge in [-0.05, 0) is 24.1 Å². The van der Waals surface area contributed by atoms with Crippen LogP contribution in [0.3, 0.4) is 0 Å². The molecule has 0 aliphatic carbocycles. The average molecular weight is 265 g/mol. The van der Waals surface area contributed by atoms with Gasteiger partial charge < -0.3 is 14.8 Å². The van der Waals surface area contributed by atoms with Gasteiger partial charge in [-0.3, -0.25) is 0 Å². The lowest BCUT2D eigenvalue weighted by atomic mass is 10.1. The molecule has 3 heteroatoms. The predicted molar refractivity (Wildman–Crippen MR) is 79.2 cm³/mol. The van der Waals surface area contributed by atoms with Crippen molar-refractivity contribution >= 4 is 0 Å². The van der Waals surface area contributed by atoms with Gasteiger partial charge in [-0.15, -0.1) is 0 Å². The lowest BCUT2D eigenvalue weighted by Gasteiger charge is -2.07. The molecule has 1 rings (SSSR count). The number of unbranched alkanes of at least 4 members (excludes halogenated alkanes) is 1. The highest BCUT2D eigenvalue weighted by Gasteiger charge is 1.95. The maximum absolute atomic E-state index is 5.58. The zero-order valence-corrected chi connectivity index (χ0v) is 12.3. The largest absolute Gasteiger partial charge is 0.379 e. The van der Waals surface area contributed by atoms with E-state index >= 15 is 0 Å². The summed E-state index contributed by atoms with van der Waals surface area (Å²) in [6.07, 6.45) is 2.31. The molecule has 1 aromatic rings. The molecule has 0 saturated heterocycles. The van der Waals surface area contributed by atoms with Crippen molar-refractivity contribution < 1.29 is 9.47 Å². The molecule has 19 heavy (non-hydrogen) atoms. The summed E-state index contributed by atoms with van der Waals surface area (Å²) in [6, 6.07) is 8.56. The van der Waals surface area contributed by atoms with Gasteiger partial charge in [-0.25, -0.2) is 0 Å². The maximum atomic E-state index is 5.58. The van der Waals surface area contributed by atoms with Gasteiger partial charge in [0.1, 0.15) is 0 Å². The summed E-state index contributed by atoms with van der Waals surface area (Å²) in [5, 5.41) is 3.31. The van der Waals surface area contributed by atoms with Crippen molar-refractivity contribution in [3.05, 3.63) is 35.4 Å². The van der Waals surface area contributed by atoms with Gasteiger partial charge in [0.05, 0.1) is 19.8 Å². The first kappa shape index (κ1) is 16.2. The number of hydrogen-bond acceptors (Lipinski definition) is 3. The van der Waals surface area contributed by atoms with Crippen molar-refractivity contribution in [1.29, 1.82) is 0 Å². The average Bonchev–Trinajstić information content (AvgIpc) is 2.45. The van der Waals surface area contributed by atoms with Crippen LogP contribution in [0.25, 0.3) is 0 Å².